The van der Waals surface area contributed by atoms with Gasteiger partial charge in [-0.2, -0.15) is 0 Å². The summed E-state index contributed by atoms with van der Waals surface area (Å²) in [7, 11) is 0. The summed E-state index contributed by atoms with van der Waals surface area (Å²) in [5.74, 6) is 3.75. The van der Waals surface area contributed by atoms with Gasteiger partial charge < -0.3 is 14.3 Å². The quantitative estimate of drug-likeness (QED) is 0.774. The summed E-state index contributed by atoms with van der Waals surface area (Å²) in [5, 5.41) is 11.8. The molecular formula is C19H21FN4O. The first-order valence-corrected chi connectivity index (χ1v) is 8.63. The molecule has 1 aliphatic heterocycles. The Balaban J connectivity index is 1.33. The molecule has 130 valence electrons. The van der Waals surface area contributed by atoms with E-state index in [0.29, 0.717) is 23.8 Å². The maximum atomic E-state index is 13.8. The lowest BCUT2D eigenvalue weighted by molar-refractivity contribution is 0.339. The van der Waals surface area contributed by atoms with Crippen LogP contribution < -0.4 is 5.32 Å². The Hall–Kier alpha value is -2.47. The highest BCUT2D eigenvalue weighted by molar-refractivity contribution is 5.58. The summed E-state index contributed by atoms with van der Waals surface area (Å²) in [5.41, 5.74) is 0.497. The maximum Gasteiger partial charge on any atom is 0.137 e. The van der Waals surface area contributed by atoms with E-state index in [9.17, 15) is 4.39 Å². The summed E-state index contributed by atoms with van der Waals surface area (Å²) < 4.78 is 21.8. The van der Waals surface area contributed by atoms with Gasteiger partial charge in [0.15, 0.2) is 0 Å². The number of nitrogens with zero attached hydrogens (tertiary/aromatic N) is 3. The Morgan fingerprint density at radius 2 is 2.12 bits per heavy atom. The smallest absolute Gasteiger partial charge is 0.137 e. The fraction of sp³-hybridized carbons (Fsp3) is 0.368. The number of rotatable bonds is 5. The highest BCUT2D eigenvalue weighted by atomic mass is 19.1. The van der Waals surface area contributed by atoms with Crippen molar-refractivity contribution in [3.63, 3.8) is 0 Å². The second-order valence-electron chi connectivity index (χ2n) is 6.56. The molecule has 6 heteroatoms. The number of fused-ring (bicyclic) bond motifs is 1. The molecule has 1 N–H and O–H groups in total. The van der Waals surface area contributed by atoms with Gasteiger partial charge in [-0.1, -0.05) is 12.1 Å². The molecule has 1 aromatic carbocycles. The lowest BCUT2D eigenvalue weighted by Gasteiger charge is -2.24. The Morgan fingerprint density at radius 1 is 1.24 bits per heavy atom. The van der Waals surface area contributed by atoms with Gasteiger partial charge in [-0.15, -0.1) is 10.2 Å². The van der Waals surface area contributed by atoms with Crippen LogP contribution in [-0.4, -0.2) is 21.3 Å². The van der Waals surface area contributed by atoms with Crippen LogP contribution in [0, 0.1) is 18.7 Å². The van der Waals surface area contributed by atoms with Crippen molar-refractivity contribution in [1.29, 1.82) is 0 Å². The van der Waals surface area contributed by atoms with E-state index < -0.39 is 0 Å². The zero-order valence-corrected chi connectivity index (χ0v) is 14.2. The monoisotopic (exact) mass is 340 g/mol. The standard InChI is InChI=1S/C19H21FN4O/c1-13-22-23-19-9-6-14(12-24(13)19)10-21-11-15-7-8-18(25-15)16-4-2-3-5-17(16)20/h2-5,7-8,14,21H,6,9-12H2,1H3. The Morgan fingerprint density at radius 3 is 3.00 bits per heavy atom. The molecule has 5 nitrogen and oxygen atoms in total. The molecule has 4 rings (SSSR count). The molecule has 0 spiro atoms. The number of furan rings is 1. The lowest BCUT2D eigenvalue weighted by atomic mass is 9.99. The number of nitrogens with one attached hydrogen (secondary N) is 1. The van der Waals surface area contributed by atoms with Crippen molar-refractivity contribution >= 4 is 0 Å². The van der Waals surface area contributed by atoms with Gasteiger partial charge >= 0.3 is 0 Å². The molecule has 0 saturated heterocycles. The average molecular weight is 340 g/mol. The van der Waals surface area contributed by atoms with Crippen LogP contribution in [0.15, 0.2) is 40.8 Å². The Bertz CT molecular complexity index is 870. The summed E-state index contributed by atoms with van der Waals surface area (Å²) in [6, 6.07) is 10.4. The van der Waals surface area contributed by atoms with E-state index in [0.717, 1.165) is 43.3 Å². The van der Waals surface area contributed by atoms with Crippen LogP contribution in [0.3, 0.4) is 0 Å². The number of hydrogen-bond donors (Lipinski definition) is 1. The van der Waals surface area contributed by atoms with Crippen LogP contribution in [0.1, 0.15) is 23.8 Å². The average Bonchev–Trinajstić information content (AvgIpc) is 3.23. The van der Waals surface area contributed by atoms with Crippen LogP contribution in [0.4, 0.5) is 4.39 Å². The first-order valence-electron chi connectivity index (χ1n) is 8.63. The van der Waals surface area contributed by atoms with Crippen LogP contribution in [-0.2, 0) is 19.5 Å². The Labute approximate surface area is 145 Å². The molecule has 2 aromatic heterocycles. The predicted molar refractivity (Wildman–Crippen MR) is 92.4 cm³/mol. The van der Waals surface area contributed by atoms with Crippen molar-refractivity contribution in [2.45, 2.75) is 32.9 Å². The third kappa shape index (κ3) is 3.35. The van der Waals surface area contributed by atoms with Gasteiger partial charge in [0.05, 0.1) is 12.1 Å². The third-order valence-corrected chi connectivity index (χ3v) is 4.76. The third-order valence-electron chi connectivity index (χ3n) is 4.76. The summed E-state index contributed by atoms with van der Waals surface area (Å²) in [4.78, 5) is 0. The van der Waals surface area contributed by atoms with E-state index >= 15 is 0 Å². The van der Waals surface area contributed by atoms with Gasteiger partial charge in [-0.25, -0.2) is 4.39 Å². The van der Waals surface area contributed by atoms with Gasteiger partial charge in [-0.05, 0) is 43.5 Å². The van der Waals surface area contributed by atoms with Crippen molar-refractivity contribution < 1.29 is 8.81 Å². The largest absolute Gasteiger partial charge is 0.460 e. The van der Waals surface area contributed by atoms with Crippen LogP contribution in [0.2, 0.25) is 0 Å². The van der Waals surface area contributed by atoms with E-state index in [2.05, 4.69) is 20.1 Å². The molecule has 3 heterocycles. The van der Waals surface area contributed by atoms with Crippen molar-refractivity contribution in [3.8, 4) is 11.3 Å². The molecule has 0 saturated carbocycles. The SMILES string of the molecule is Cc1nnc2n1CC(CNCc1ccc(-c3ccccc3F)o1)CC2. The van der Waals surface area contributed by atoms with Gasteiger partial charge in [-0.3, -0.25) is 0 Å². The molecule has 1 unspecified atom stereocenters. The first-order chi connectivity index (χ1) is 12.2. The predicted octanol–water partition coefficient (Wildman–Crippen LogP) is 3.34. The van der Waals surface area contributed by atoms with E-state index in [1.165, 1.54) is 6.07 Å². The number of aromatic nitrogens is 3. The number of benzene rings is 1. The Kier molecular flexibility index (Phi) is 4.36. The van der Waals surface area contributed by atoms with E-state index in [1.54, 1.807) is 12.1 Å². The molecule has 25 heavy (non-hydrogen) atoms. The van der Waals surface area contributed by atoms with Crippen LogP contribution in [0.25, 0.3) is 11.3 Å². The zero-order chi connectivity index (χ0) is 17.2. The summed E-state index contributed by atoms with van der Waals surface area (Å²) >= 11 is 0. The zero-order valence-electron chi connectivity index (χ0n) is 14.2. The molecule has 0 bridgehead atoms. The van der Waals surface area contributed by atoms with Crippen LogP contribution in [0.5, 0.6) is 0 Å². The second kappa shape index (κ2) is 6.80. The molecule has 0 aliphatic carbocycles. The van der Waals surface area contributed by atoms with E-state index in [1.807, 2.05) is 25.1 Å². The normalized spacial score (nSPS) is 16.8. The molecule has 0 radical (unpaired) electrons. The first kappa shape index (κ1) is 16.0. The van der Waals surface area contributed by atoms with Gasteiger partial charge in [0.2, 0.25) is 0 Å². The molecule has 3 aromatic rings. The second-order valence-corrected chi connectivity index (χ2v) is 6.56. The fourth-order valence-electron chi connectivity index (χ4n) is 3.37. The molecule has 1 atom stereocenters. The maximum absolute atomic E-state index is 13.8. The fourth-order valence-corrected chi connectivity index (χ4v) is 3.37. The highest BCUT2D eigenvalue weighted by Gasteiger charge is 2.21. The molecule has 0 amide bonds. The minimum absolute atomic E-state index is 0.265. The van der Waals surface area contributed by atoms with Gasteiger partial charge in [0, 0.05) is 19.5 Å². The minimum Gasteiger partial charge on any atom is -0.460 e. The van der Waals surface area contributed by atoms with E-state index in [-0.39, 0.29) is 5.82 Å². The minimum atomic E-state index is -0.265. The number of aryl methyl sites for hydroxylation is 2. The van der Waals surface area contributed by atoms with Crippen molar-refractivity contribution in [2.75, 3.05) is 6.54 Å². The van der Waals surface area contributed by atoms with Crippen LogP contribution >= 0.6 is 0 Å². The molecule has 0 fully saturated rings. The van der Waals surface area contributed by atoms with E-state index in [4.69, 9.17) is 4.42 Å². The molecular weight excluding hydrogens is 319 g/mol. The highest BCUT2D eigenvalue weighted by Crippen LogP contribution is 2.25. The van der Waals surface area contributed by atoms with Gasteiger partial charge in [0.1, 0.15) is 29.0 Å². The summed E-state index contributed by atoms with van der Waals surface area (Å²) in [6.07, 6.45) is 2.09. The lowest BCUT2D eigenvalue weighted by Crippen LogP contribution is -2.30. The van der Waals surface area contributed by atoms with Gasteiger partial charge in [0.25, 0.3) is 0 Å². The topological polar surface area (TPSA) is 55.9 Å². The number of halogens is 1. The summed E-state index contributed by atoms with van der Waals surface area (Å²) in [6.45, 7) is 4.50. The molecule has 1 aliphatic rings. The number of hydrogen-bond acceptors (Lipinski definition) is 4. The van der Waals surface area contributed by atoms with Crippen molar-refractivity contribution in [1.82, 2.24) is 20.1 Å². The van der Waals surface area contributed by atoms with Crippen molar-refractivity contribution in [3.05, 3.63) is 59.6 Å². The van der Waals surface area contributed by atoms with Crippen molar-refractivity contribution in [2.24, 2.45) is 5.92 Å².